The van der Waals surface area contributed by atoms with Gasteiger partial charge in [-0.3, -0.25) is 4.79 Å². The first-order valence-electron chi connectivity index (χ1n) is 10.7. The zero-order chi connectivity index (χ0) is 21.8. The molecule has 0 fully saturated rings. The molecular weight excluding hydrogens is 448 g/mol. The second-order valence-electron chi connectivity index (χ2n) is 8.22. The van der Waals surface area contributed by atoms with E-state index in [1.54, 1.807) is 0 Å². The van der Waals surface area contributed by atoms with Crippen molar-refractivity contribution in [2.45, 2.75) is 38.3 Å². The number of aromatic nitrogens is 1. The van der Waals surface area contributed by atoms with Gasteiger partial charge in [-0.2, -0.15) is 0 Å². The molecule has 4 heteroatoms. The van der Waals surface area contributed by atoms with E-state index in [1.807, 2.05) is 44.2 Å². The van der Waals surface area contributed by atoms with Gasteiger partial charge in [-0.1, -0.05) is 76.6 Å². The van der Waals surface area contributed by atoms with E-state index in [1.165, 1.54) is 10.9 Å². The molecule has 0 spiro atoms. The summed E-state index contributed by atoms with van der Waals surface area (Å²) >= 11 is 3.54. The van der Waals surface area contributed by atoms with E-state index in [-0.39, 0.29) is 11.9 Å². The smallest absolute Gasteiger partial charge is 0.235 e. The highest BCUT2D eigenvalue weighted by molar-refractivity contribution is 9.10. The number of halogens is 1. The summed E-state index contributed by atoms with van der Waals surface area (Å²) in [5, 5.41) is 4.41. The number of benzene rings is 3. The van der Waals surface area contributed by atoms with Crippen LogP contribution in [0.3, 0.4) is 0 Å². The Morgan fingerprint density at radius 3 is 2.26 bits per heavy atom. The summed E-state index contributed by atoms with van der Waals surface area (Å²) in [5.74, 6) is 0.0347. The molecule has 0 bridgehead atoms. The largest absolute Gasteiger partial charge is 0.353 e. The number of fused-ring (bicyclic) bond motifs is 1. The predicted molar refractivity (Wildman–Crippen MR) is 131 cm³/mol. The van der Waals surface area contributed by atoms with E-state index in [2.05, 4.69) is 86.6 Å². The van der Waals surface area contributed by atoms with E-state index in [0.29, 0.717) is 6.42 Å². The van der Waals surface area contributed by atoms with Crippen molar-refractivity contribution in [2.75, 3.05) is 0 Å². The second kappa shape index (κ2) is 9.11. The third-order valence-electron chi connectivity index (χ3n) is 5.82. The summed E-state index contributed by atoms with van der Waals surface area (Å²) in [5.41, 5.74) is 2.39. The van der Waals surface area contributed by atoms with E-state index >= 15 is 0 Å². The molecule has 1 atom stereocenters. The summed E-state index contributed by atoms with van der Waals surface area (Å²) in [7, 11) is 0. The van der Waals surface area contributed by atoms with E-state index in [0.717, 1.165) is 22.1 Å². The van der Waals surface area contributed by atoms with E-state index in [9.17, 15) is 4.79 Å². The zero-order valence-corrected chi connectivity index (χ0v) is 19.5. The van der Waals surface area contributed by atoms with Crippen molar-refractivity contribution >= 4 is 32.7 Å². The van der Waals surface area contributed by atoms with Crippen LogP contribution in [0.1, 0.15) is 31.4 Å². The number of carbonyl (C=O) groups excluding carboxylic acids is 1. The molecule has 4 rings (SSSR count). The van der Waals surface area contributed by atoms with Gasteiger partial charge in [0.15, 0.2) is 0 Å². The standard InChI is InChI=1S/C27H27BrN2O/c1-20(2)29-26(31)27(22-9-4-3-5-10-22,23-12-14-24(28)15-13-23)17-19-30-18-16-21-8-6-7-11-25(21)30/h3-16,18,20H,17,19H2,1-2H3,(H,29,31). The number of hydrogen-bond donors (Lipinski definition) is 1. The molecule has 158 valence electrons. The highest BCUT2D eigenvalue weighted by atomic mass is 79.9. The Kier molecular flexibility index (Phi) is 6.28. The molecule has 1 aromatic heterocycles. The minimum absolute atomic E-state index is 0.0347. The Hall–Kier alpha value is -2.85. The van der Waals surface area contributed by atoms with Crippen LogP contribution in [-0.2, 0) is 16.8 Å². The predicted octanol–water partition coefficient (Wildman–Crippen LogP) is 6.30. The van der Waals surface area contributed by atoms with Gasteiger partial charge in [0.1, 0.15) is 5.41 Å². The van der Waals surface area contributed by atoms with Crippen molar-refractivity contribution in [1.82, 2.24) is 9.88 Å². The van der Waals surface area contributed by atoms with Crippen LogP contribution in [0.2, 0.25) is 0 Å². The molecular formula is C27H27BrN2O. The summed E-state index contributed by atoms with van der Waals surface area (Å²) in [6, 6.07) is 28.9. The molecule has 0 aliphatic rings. The average Bonchev–Trinajstić information content (AvgIpc) is 3.19. The lowest BCUT2D eigenvalue weighted by molar-refractivity contribution is -0.126. The number of para-hydroxylation sites is 1. The lowest BCUT2D eigenvalue weighted by Crippen LogP contribution is -2.48. The third-order valence-corrected chi connectivity index (χ3v) is 6.35. The van der Waals surface area contributed by atoms with Gasteiger partial charge >= 0.3 is 0 Å². The second-order valence-corrected chi connectivity index (χ2v) is 9.14. The van der Waals surface area contributed by atoms with Gasteiger partial charge in [-0.15, -0.1) is 0 Å². The maximum Gasteiger partial charge on any atom is 0.235 e. The van der Waals surface area contributed by atoms with Crippen LogP contribution in [0.25, 0.3) is 10.9 Å². The van der Waals surface area contributed by atoms with Crippen LogP contribution in [0.5, 0.6) is 0 Å². The average molecular weight is 475 g/mol. The Morgan fingerprint density at radius 2 is 1.55 bits per heavy atom. The quantitative estimate of drug-likeness (QED) is 0.334. The fourth-order valence-electron chi connectivity index (χ4n) is 4.30. The first kappa shape index (κ1) is 21.4. The van der Waals surface area contributed by atoms with Crippen LogP contribution in [0.15, 0.2) is 95.6 Å². The summed E-state index contributed by atoms with van der Waals surface area (Å²) in [4.78, 5) is 13.9. The highest BCUT2D eigenvalue weighted by Gasteiger charge is 2.42. The van der Waals surface area contributed by atoms with Crippen LogP contribution >= 0.6 is 15.9 Å². The van der Waals surface area contributed by atoms with Crippen molar-refractivity contribution in [2.24, 2.45) is 0 Å². The van der Waals surface area contributed by atoms with Crippen LogP contribution in [-0.4, -0.2) is 16.5 Å². The first-order valence-corrected chi connectivity index (χ1v) is 11.5. The molecule has 1 amide bonds. The Balaban J connectivity index is 1.83. The fraction of sp³-hybridized carbons (Fsp3) is 0.222. The number of aryl methyl sites for hydroxylation is 1. The van der Waals surface area contributed by atoms with Crippen LogP contribution in [0, 0.1) is 0 Å². The molecule has 1 unspecified atom stereocenters. The van der Waals surface area contributed by atoms with Crippen LogP contribution in [0.4, 0.5) is 0 Å². The van der Waals surface area contributed by atoms with Gasteiger partial charge < -0.3 is 9.88 Å². The first-order chi connectivity index (χ1) is 15.0. The molecule has 31 heavy (non-hydrogen) atoms. The molecule has 0 aliphatic carbocycles. The van der Waals surface area contributed by atoms with Crippen molar-refractivity contribution in [3.05, 3.63) is 107 Å². The molecule has 0 saturated heterocycles. The molecule has 0 saturated carbocycles. The lowest BCUT2D eigenvalue weighted by Gasteiger charge is -2.35. The van der Waals surface area contributed by atoms with E-state index in [4.69, 9.17) is 0 Å². The number of rotatable bonds is 7. The number of nitrogens with zero attached hydrogens (tertiary/aromatic N) is 1. The minimum Gasteiger partial charge on any atom is -0.353 e. The number of carbonyl (C=O) groups is 1. The van der Waals surface area contributed by atoms with Crippen LogP contribution < -0.4 is 5.32 Å². The summed E-state index contributed by atoms with van der Waals surface area (Å²) in [6.45, 7) is 4.74. The summed E-state index contributed by atoms with van der Waals surface area (Å²) in [6.07, 6.45) is 2.76. The molecule has 1 heterocycles. The van der Waals surface area contributed by atoms with Crippen molar-refractivity contribution in [3.8, 4) is 0 Å². The Morgan fingerprint density at radius 1 is 0.903 bits per heavy atom. The zero-order valence-electron chi connectivity index (χ0n) is 17.9. The lowest BCUT2D eigenvalue weighted by atomic mass is 9.71. The molecule has 0 aliphatic heterocycles. The maximum absolute atomic E-state index is 13.9. The number of amides is 1. The normalized spacial score (nSPS) is 13.3. The van der Waals surface area contributed by atoms with Gasteiger partial charge in [0.05, 0.1) is 0 Å². The van der Waals surface area contributed by atoms with Gasteiger partial charge in [0.25, 0.3) is 0 Å². The van der Waals surface area contributed by atoms with Gasteiger partial charge in [0.2, 0.25) is 5.91 Å². The van der Waals surface area contributed by atoms with Gasteiger partial charge in [-0.05, 0) is 61.0 Å². The summed E-state index contributed by atoms with van der Waals surface area (Å²) < 4.78 is 3.24. The number of hydrogen-bond acceptors (Lipinski definition) is 1. The third kappa shape index (κ3) is 4.31. The SMILES string of the molecule is CC(C)NC(=O)C(CCn1ccc2ccccc21)(c1ccccc1)c1ccc(Br)cc1. The highest BCUT2D eigenvalue weighted by Crippen LogP contribution is 2.38. The van der Waals surface area contributed by atoms with Gasteiger partial charge in [0, 0.05) is 28.8 Å². The monoisotopic (exact) mass is 474 g/mol. The molecule has 1 N–H and O–H groups in total. The molecule has 0 radical (unpaired) electrons. The van der Waals surface area contributed by atoms with Crippen molar-refractivity contribution in [1.29, 1.82) is 0 Å². The minimum atomic E-state index is -0.794. The van der Waals surface area contributed by atoms with Crippen molar-refractivity contribution < 1.29 is 4.79 Å². The van der Waals surface area contributed by atoms with E-state index < -0.39 is 5.41 Å². The maximum atomic E-state index is 13.9. The Labute approximate surface area is 192 Å². The fourth-order valence-corrected chi connectivity index (χ4v) is 4.56. The molecule has 4 aromatic rings. The molecule has 3 aromatic carbocycles. The van der Waals surface area contributed by atoms with Gasteiger partial charge in [-0.25, -0.2) is 0 Å². The van der Waals surface area contributed by atoms with Crippen molar-refractivity contribution in [3.63, 3.8) is 0 Å². The molecule has 3 nitrogen and oxygen atoms in total. The number of nitrogens with one attached hydrogen (secondary N) is 1. The Bertz CT molecular complexity index is 1160. The topological polar surface area (TPSA) is 34.0 Å².